The van der Waals surface area contributed by atoms with Crippen molar-refractivity contribution in [3.63, 3.8) is 0 Å². The van der Waals surface area contributed by atoms with Crippen LogP contribution in [0.3, 0.4) is 0 Å². The summed E-state index contributed by atoms with van der Waals surface area (Å²) >= 11 is 2.19. The van der Waals surface area contributed by atoms with E-state index < -0.39 is 0 Å². The normalized spacial score (nSPS) is 11.0. The molecule has 0 atom stereocenters. The number of halogens is 2. The Labute approximate surface area is 116 Å². The van der Waals surface area contributed by atoms with Gasteiger partial charge in [0, 0.05) is 15.3 Å². The Bertz CT molecular complexity index is 739. The second-order valence-corrected chi connectivity index (χ2v) is 5.11. The van der Waals surface area contributed by atoms with Crippen LogP contribution in [0.1, 0.15) is 0 Å². The molecule has 2 aromatic carbocycles. The minimum absolute atomic E-state index is 0.335. The van der Waals surface area contributed by atoms with Crippen molar-refractivity contribution < 1.29 is 8.81 Å². The molecule has 0 amide bonds. The fourth-order valence-corrected chi connectivity index (χ4v) is 2.22. The predicted octanol–water partition coefficient (Wildman–Crippen LogP) is 3.82. The summed E-state index contributed by atoms with van der Waals surface area (Å²) in [6, 6.07) is 9.83. The van der Waals surface area contributed by atoms with E-state index in [1.807, 2.05) is 12.1 Å². The van der Waals surface area contributed by atoms with Gasteiger partial charge in [0.2, 0.25) is 5.89 Å². The zero-order chi connectivity index (χ0) is 12.7. The van der Waals surface area contributed by atoms with Crippen molar-refractivity contribution in [1.82, 2.24) is 4.98 Å². The number of nitrogen functional groups attached to an aromatic ring is 1. The first-order valence-electron chi connectivity index (χ1n) is 5.25. The highest BCUT2D eigenvalue weighted by molar-refractivity contribution is 14.1. The van der Waals surface area contributed by atoms with Crippen LogP contribution in [0, 0.1) is 9.39 Å². The molecule has 3 aromatic rings. The molecule has 0 saturated carbocycles. The maximum atomic E-state index is 13.1. The Hall–Kier alpha value is -1.63. The lowest BCUT2D eigenvalue weighted by Gasteiger charge is -2.01. The Morgan fingerprint density at radius 2 is 2.00 bits per heavy atom. The van der Waals surface area contributed by atoms with Crippen LogP contribution in [0.25, 0.3) is 22.6 Å². The van der Waals surface area contributed by atoms with Crippen molar-refractivity contribution in [2.45, 2.75) is 0 Å². The number of oxazole rings is 1. The molecule has 5 heteroatoms. The Balaban J connectivity index is 2.22. The van der Waals surface area contributed by atoms with Gasteiger partial charge in [-0.1, -0.05) is 0 Å². The molecule has 1 aromatic heterocycles. The molecule has 0 saturated heterocycles. The number of aromatic nitrogens is 1. The van der Waals surface area contributed by atoms with E-state index in [-0.39, 0.29) is 5.82 Å². The summed E-state index contributed by atoms with van der Waals surface area (Å²) in [4.78, 5) is 4.26. The van der Waals surface area contributed by atoms with E-state index in [2.05, 4.69) is 27.6 Å². The van der Waals surface area contributed by atoms with Gasteiger partial charge >= 0.3 is 0 Å². The standard InChI is InChI=1S/C13H8FIN2O/c14-7-1-4-12-11(5-7)17-13(18-12)9-6-8(15)2-3-10(9)16/h1-6H,16H2. The van der Waals surface area contributed by atoms with Gasteiger partial charge in [-0.25, -0.2) is 9.37 Å². The lowest BCUT2D eigenvalue weighted by Crippen LogP contribution is -1.90. The van der Waals surface area contributed by atoms with Crippen LogP contribution in [0.4, 0.5) is 10.1 Å². The van der Waals surface area contributed by atoms with Crippen LogP contribution in [-0.2, 0) is 0 Å². The second-order valence-electron chi connectivity index (χ2n) is 3.86. The molecule has 0 unspecified atom stereocenters. The first kappa shape index (κ1) is 11.5. The third-order valence-corrected chi connectivity index (χ3v) is 3.27. The van der Waals surface area contributed by atoms with Crippen LogP contribution in [-0.4, -0.2) is 4.98 Å². The van der Waals surface area contributed by atoms with E-state index >= 15 is 0 Å². The zero-order valence-corrected chi connectivity index (χ0v) is 11.3. The predicted molar refractivity (Wildman–Crippen MR) is 76.5 cm³/mol. The molecule has 0 aliphatic carbocycles. The number of nitrogens with zero attached hydrogens (tertiary/aromatic N) is 1. The van der Waals surface area contributed by atoms with Gasteiger partial charge in [-0.3, -0.25) is 0 Å². The SMILES string of the molecule is Nc1ccc(I)cc1-c1nc2cc(F)ccc2o1. The largest absolute Gasteiger partial charge is 0.436 e. The minimum atomic E-state index is -0.335. The van der Waals surface area contributed by atoms with E-state index in [1.54, 1.807) is 12.1 Å². The summed E-state index contributed by atoms with van der Waals surface area (Å²) in [6.45, 7) is 0. The topological polar surface area (TPSA) is 52.0 Å². The van der Waals surface area contributed by atoms with Gasteiger partial charge in [0.25, 0.3) is 0 Å². The first-order chi connectivity index (χ1) is 8.63. The molecule has 0 spiro atoms. The summed E-state index contributed by atoms with van der Waals surface area (Å²) in [6.07, 6.45) is 0. The van der Waals surface area contributed by atoms with Crippen LogP contribution in [0.5, 0.6) is 0 Å². The highest BCUT2D eigenvalue weighted by atomic mass is 127. The van der Waals surface area contributed by atoms with Crippen LogP contribution in [0.2, 0.25) is 0 Å². The molecule has 2 N–H and O–H groups in total. The Morgan fingerprint density at radius 1 is 1.17 bits per heavy atom. The molecule has 0 radical (unpaired) electrons. The van der Waals surface area contributed by atoms with Crippen molar-refractivity contribution >= 4 is 39.4 Å². The lowest BCUT2D eigenvalue weighted by molar-refractivity contribution is 0.614. The van der Waals surface area contributed by atoms with Gasteiger partial charge in [-0.2, -0.15) is 0 Å². The molecule has 18 heavy (non-hydrogen) atoms. The molecule has 3 rings (SSSR count). The number of hydrogen-bond donors (Lipinski definition) is 1. The zero-order valence-electron chi connectivity index (χ0n) is 9.15. The molecular weight excluding hydrogens is 346 g/mol. The van der Waals surface area contributed by atoms with Gasteiger partial charge in [0.15, 0.2) is 5.58 Å². The first-order valence-corrected chi connectivity index (χ1v) is 6.33. The van der Waals surface area contributed by atoms with E-state index in [1.165, 1.54) is 12.1 Å². The van der Waals surface area contributed by atoms with Crippen LogP contribution in [0.15, 0.2) is 40.8 Å². The van der Waals surface area contributed by atoms with Gasteiger partial charge < -0.3 is 10.2 Å². The van der Waals surface area contributed by atoms with E-state index in [0.29, 0.717) is 22.7 Å². The summed E-state index contributed by atoms with van der Waals surface area (Å²) in [7, 11) is 0. The summed E-state index contributed by atoms with van der Waals surface area (Å²) < 4.78 is 19.7. The average Bonchev–Trinajstić information content (AvgIpc) is 2.74. The fraction of sp³-hybridized carbons (Fsp3) is 0. The maximum Gasteiger partial charge on any atom is 0.229 e. The third kappa shape index (κ3) is 1.94. The van der Waals surface area contributed by atoms with Gasteiger partial charge in [-0.05, 0) is 52.9 Å². The fourth-order valence-electron chi connectivity index (χ4n) is 1.73. The van der Waals surface area contributed by atoms with Crippen molar-refractivity contribution in [3.8, 4) is 11.5 Å². The van der Waals surface area contributed by atoms with E-state index in [0.717, 1.165) is 9.13 Å². The number of anilines is 1. The quantitative estimate of drug-likeness (QED) is 0.534. The molecule has 0 bridgehead atoms. The number of fused-ring (bicyclic) bond motifs is 1. The molecule has 3 nitrogen and oxygen atoms in total. The average molecular weight is 354 g/mol. The number of rotatable bonds is 1. The van der Waals surface area contributed by atoms with Gasteiger partial charge in [-0.15, -0.1) is 0 Å². The molecule has 90 valence electrons. The number of hydrogen-bond acceptors (Lipinski definition) is 3. The smallest absolute Gasteiger partial charge is 0.229 e. The molecule has 1 heterocycles. The third-order valence-electron chi connectivity index (χ3n) is 2.60. The second kappa shape index (κ2) is 4.24. The van der Waals surface area contributed by atoms with Crippen molar-refractivity contribution in [2.24, 2.45) is 0 Å². The minimum Gasteiger partial charge on any atom is -0.436 e. The Kier molecular flexibility index (Phi) is 2.70. The summed E-state index contributed by atoms with van der Waals surface area (Å²) in [5, 5.41) is 0. The monoisotopic (exact) mass is 354 g/mol. The number of benzene rings is 2. The van der Waals surface area contributed by atoms with Crippen LogP contribution >= 0.6 is 22.6 Å². The molecule has 0 aliphatic heterocycles. The molecular formula is C13H8FIN2O. The number of nitrogens with two attached hydrogens (primary N) is 1. The van der Waals surface area contributed by atoms with Crippen molar-refractivity contribution in [1.29, 1.82) is 0 Å². The highest BCUT2D eigenvalue weighted by Crippen LogP contribution is 2.30. The Morgan fingerprint density at radius 3 is 2.83 bits per heavy atom. The summed E-state index contributed by atoms with van der Waals surface area (Å²) in [5.41, 5.74) is 8.24. The van der Waals surface area contributed by atoms with E-state index in [4.69, 9.17) is 10.2 Å². The van der Waals surface area contributed by atoms with E-state index in [9.17, 15) is 4.39 Å². The lowest BCUT2D eigenvalue weighted by atomic mass is 10.2. The van der Waals surface area contributed by atoms with Crippen molar-refractivity contribution in [3.05, 3.63) is 45.8 Å². The van der Waals surface area contributed by atoms with Gasteiger partial charge in [0.1, 0.15) is 11.3 Å². The molecule has 0 aliphatic rings. The van der Waals surface area contributed by atoms with Crippen LogP contribution < -0.4 is 5.73 Å². The van der Waals surface area contributed by atoms with Gasteiger partial charge in [0.05, 0.1) is 5.56 Å². The molecule has 0 fully saturated rings. The highest BCUT2D eigenvalue weighted by Gasteiger charge is 2.12. The van der Waals surface area contributed by atoms with Crippen molar-refractivity contribution in [2.75, 3.05) is 5.73 Å². The summed E-state index contributed by atoms with van der Waals surface area (Å²) in [5.74, 6) is 0.0737. The maximum absolute atomic E-state index is 13.1.